The second kappa shape index (κ2) is 8.20. The number of amides is 2. The van der Waals surface area contributed by atoms with Crippen molar-refractivity contribution in [1.82, 2.24) is 5.32 Å². The van der Waals surface area contributed by atoms with Crippen LogP contribution in [0.2, 0.25) is 0 Å². The third kappa shape index (κ3) is 6.70. The molecule has 0 atom stereocenters. The molecule has 114 valence electrons. The van der Waals surface area contributed by atoms with Gasteiger partial charge in [-0.1, -0.05) is 0 Å². The number of nitrogens with one attached hydrogen (secondary N) is 1. The molecule has 6 nitrogen and oxygen atoms in total. The second-order valence-electron chi connectivity index (χ2n) is 3.77. The number of carbonyl (C=O) groups is 3. The lowest BCUT2D eigenvalue weighted by Gasteiger charge is -2.06. The Kier molecular flexibility index (Phi) is 6.60. The Morgan fingerprint density at radius 3 is 2.67 bits per heavy atom. The predicted molar refractivity (Wildman–Crippen MR) is 70.2 cm³/mol. The Hall–Kier alpha value is -2.16. The molecule has 3 N–H and O–H groups in total. The number of carbonyl (C=O) groups excluding carboxylic acids is 3. The molecule has 0 radical (unpaired) electrons. The third-order valence-corrected chi connectivity index (χ3v) is 3.07. The molecule has 0 aromatic heterocycles. The van der Waals surface area contributed by atoms with E-state index >= 15 is 0 Å². The number of rotatable bonds is 7. The fraction of sp³-hybridized carbons (Fsp3) is 0.250. The van der Waals surface area contributed by atoms with E-state index in [1.165, 1.54) is 0 Å². The Morgan fingerprint density at radius 1 is 1.29 bits per heavy atom. The van der Waals surface area contributed by atoms with Crippen LogP contribution in [0.5, 0.6) is 0 Å². The highest BCUT2D eigenvalue weighted by Crippen LogP contribution is 2.22. The fourth-order valence-corrected chi connectivity index (χ4v) is 1.91. The van der Waals surface area contributed by atoms with Gasteiger partial charge >= 0.3 is 5.97 Å². The van der Waals surface area contributed by atoms with Crippen molar-refractivity contribution in [2.75, 3.05) is 18.9 Å². The first-order chi connectivity index (χ1) is 9.88. The molecule has 2 amide bonds. The zero-order valence-corrected chi connectivity index (χ0v) is 11.5. The number of thioether (sulfide) groups is 1. The van der Waals surface area contributed by atoms with Gasteiger partial charge in [-0.3, -0.25) is 14.4 Å². The summed E-state index contributed by atoms with van der Waals surface area (Å²) in [6.45, 7) is -0.946. The topological polar surface area (TPSA) is 98.5 Å². The molecule has 0 aliphatic heterocycles. The maximum absolute atomic E-state index is 13.3. The van der Waals surface area contributed by atoms with E-state index in [0.29, 0.717) is 0 Å². The van der Waals surface area contributed by atoms with Crippen molar-refractivity contribution in [3.8, 4) is 0 Å². The van der Waals surface area contributed by atoms with Gasteiger partial charge in [0.2, 0.25) is 5.91 Å². The summed E-state index contributed by atoms with van der Waals surface area (Å²) < 4.78 is 30.7. The zero-order valence-electron chi connectivity index (χ0n) is 10.7. The van der Waals surface area contributed by atoms with E-state index in [9.17, 15) is 23.2 Å². The first-order valence-electron chi connectivity index (χ1n) is 5.67. The van der Waals surface area contributed by atoms with Crippen LogP contribution < -0.4 is 11.1 Å². The summed E-state index contributed by atoms with van der Waals surface area (Å²) in [7, 11) is 0. The van der Waals surface area contributed by atoms with Crippen molar-refractivity contribution in [3.05, 3.63) is 29.8 Å². The number of hydrogen-bond acceptors (Lipinski definition) is 5. The van der Waals surface area contributed by atoms with Gasteiger partial charge in [0.15, 0.2) is 6.61 Å². The second-order valence-corrected chi connectivity index (χ2v) is 4.78. The van der Waals surface area contributed by atoms with Gasteiger partial charge in [-0.05, 0) is 18.2 Å². The summed E-state index contributed by atoms with van der Waals surface area (Å²) >= 11 is 0.744. The molecule has 21 heavy (non-hydrogen) atoms. The van der Waals surface area contributed by atoms with E-state index < -0.39 is 36.0 Å². The van der Waals surface area contributed by atoms with Gasteiger partial charge in [0, 0.05) is 4.90 Å². The summed E-state index contributed by atoms with van der Waals surface area (Å²) in [6, 6.07) is 2.86. The number of primary amides is 1. The molecule has 1 rings (SSSR count). The van der Waals surface area contributed by atoms with Crippen LogP contribution in [0.1, 0.15) is 0 Å². The van der Waals surface area contributed by atoms with Crippen LogP contribution in [-0.2, 0) is 19.1 Å². The van der Waals surface area contributed by atoms with Crippen molar-refractivity contribution in [2.45, 2.75) is 4.90 Å². The lowest BCUT2D eigenvalue weighted by Crippen LogP contribution is -2.36. The molecule has 9 heteroatoms. The molecule has 0 spiro atoms. The number of halogens is 2. The number of hydrogen-bond donors (Lipinski definition) is 2. The largest absolute Gasteiger partial charge is 0.455 e. The molecular formula is C12H12F2N2O4S. The summed E-state index contributed by atoms with van der Waals surface area (Å²) in [6.07, 6.45) is 0. The quantitative estimate of drug-likeness (QED) is 0.553. The Bertz CT molecular complexity index is 554. The minimum absolute atomic E-state index is 0.0369. The van der Waals surface area contributed by atoms with E-state index in [0.717, 1.165) is 30.0 Å². The molecule has 0 saturated heterocycles. The molecule has 0 aliphatic carbocycles. The number of nitrogens with two attached hydrogens (primary N) is 1. The zero-order chi connectivity index (χ0) is 15.8. The molecule has 1 aromatic rings. The van der Waals surface area contributed by atoms with Gasteiger partial charge in [-0.2, -0.15) is 0 Å². The van der Waals surface area contributed by atoms with Gasteiger partial charge in [0.05, 0.1) is 12.3 Å². The van der Waals surface area contributed by atoms with E-state index in [2.05, 4.69) is 10.1 Å². The highest BCUT2D eigenvalue weighted by Gasteiger charge is 2.11. The van der Waals surface area contributed by atoms with Gasteiger partial charge in [-0.25, -0.2) is 8.78 Å². The lowest BCUT2D eigenvalue weighted by molar-refractivity contribution is -0.146. The molecular weight excluding hydrogens is 306 g/mol. The van der Waals surface area contributed by atoms with E-state index in [-0.39, 0.29) is 17.2 Å². The maximum Gasteiger partial charge on any atom is 0.316 e. The number of benzene rings is 1. The van der Waals surface area contributed by atoms with Gasteiger partial charge in [0.1, 0.15) is 11.6 Å². The van der Waals surface area contributed by atoms with Crippen LogP contribution >= 0.6 is 11.8 Å². The standard InChI is InChI=1S/C12H12F2N2O4S/c13-7-1-2-8(14)9(3-7)21-6-12(19)20-5-11(18)16-4-10(15)17/h1-3H,4-6H2,(H2,15,17)(H,16,18). The van der Waals surface area contributed by atoms with Crippen LogP contribution in [0, 0.1) is 11.6 Å². The average molecular weight is 318 g/mol. The summed E-state index contributed by atoms with van der Waals surface area (Å²) in [5, 5.41) is 2.12. The van der Waals surface area contributed by atoms with Gasteiger partial charge in [-0.15, -0.1) is 11.8 Å². The minimum atomic E-state index is -0.780. The Morgan fingerprint density at radius 2 is 2.00 bits per heavy atom. The average Bonchev–Trinajstić information content (AvgIpc) is 2.43. The van der Waals surface area contributed by atoms with Crippen LogP contribution in [0.15, 0.2) is 23.1 Å². The van der Waals surface area contributed by atoms with Crippen molar-refractivity contribution in [2.24, 2.45) is 5.73 Å². The summed E-state index contributed by atoms with van der Waals surface area (Å²) in [5.74, 6) is -3.77. The predicted octanol–water partition coefficient (Wildman–Crippen LogP) is 0.202. The highest BCUT2D eigenvalue weighted by molar-refractivity contribution is 8.00. The SMILES string of the molecule is NC(=O)CNC(=O)COC(=O)CSc1cc(F)ccc1F. The first-order valence-corrected chi connectivity index (χ1v) is 6.65. The van der Waals surface area contributed by atoms with E-state index in [4.69, 9.17) is 5.73 Å². The Balaban J connectivity index is 2.32. The normalized spacial score (nSPS) is 10.0. The monoisotopic (exact) mass is 318 g/mol. The van der Waals surface area contributed by atoms with E-state index in [1.54, 1.807) is 0 Å². The molecule has 1 aromatic carbocycles. The Labute approximate surface area is 123 Å². The minimum Gasteiger partial charge on any atom is -0.455 e. The van der Waals surface area contributed by atoms with Crippen LogP contribution in [0.4, 0.5) is 8.78 Å². The third-order valence-electron chi connectivity index (χ3n) is 2.06. The van der Waals surface area contributed by atoms with Gasteiger partial charge in [0.25, 0.3) is 5.91 Å². The van der Waals surface area contributed by atoms with Crippen molar-refractivity contribution >= 4 is 29.5 Å². The molecule has 0 bridgehead atoms. The maximum atomic E-state index is 13.3. The summed E-state index contributed by atoms with van der Waals surface area (Å²) in [4.78, 5) is 32.8. The van der Waals surface area contributed by atoms with Crippen LogP contribution in [0.25, 0.3) is 0 Å². The summed E-state index contributed by atoms with van der Waals surface area (Å²) in [5.41, 5.74) is 4.80. The van der Waals surface area contributed by atoms with Crippen molar-refractivity contribution in [1.29, 1.82) is 0 Å². The molecule has 0 fully saturated rings. The lowest BCUT2D eigenvalue weighted by atomic mass is 10.3. The highest BCUT2D eigenvalue weighted by atomic mass is 32.2. The molecule has 0 unspecified atom stereocenters. The van der Waals surface area contributed by atoms with Crippen molar-refractivity contribution in [3.63, 3.8) is 0 Å². The van der Waals surface area contributed by atoms with Gasteiger partial charge < -0.3 is 15.8 Å². The fourth-order valence-electron chi connectivity index (χ4n) is 1.15. The van der Waals surface area contributed by atoms with Crippen molar-refractivity contribution < 1.29 is 27.9 Å². The molecule has 0 saturated carbocycles. The number of esters is 1. The molecule has 0 aliphatic rings. The van der Waals surface area contributed by atoms with Crippen LogP contribution in [-0.4, -0.2) is 36.7 Å². The first kappa shape index (κ1) is 16.9. The van der Waals surface area contributed by atoms with E-state index in [1.807, 2.05) is 0 Å². The smallest absolute Gasteiger partial charge is 0.316 e. The number of ether oxygens (including phenoxy) is 1. The molecule has 0 heterocycles. The van der Waals surface area contributed by atoms with Crippen LogP contribution in [0.3, 0.4) is 0 Å².